The number of fused-ring (bicyclic) bond motifs is 1. The third-order valence-corrected chi connectivity index (χ3v) is 2.84. The number of alkyl halides is 3. The van der Waals surface area contributed by atoms with Crippen molar-refractivity contribution in [2.24, 2.45) is 0 Å². The first kappa shape index (κ1) is 16.5. The van der Waals surface area contributed by atoms with Crippen LogP contribution in [0.25, 0.3) is 11.3 Å². The third kappa shape index (κ3) is 4.05. The number of amides is 1. The van der Waals surface area contributed by atoms with Gasteiger partial charge >= 0.3 is 12.1 Å². The number of nitrogens with zero attached hydrogens (tertiary/aromatic N) is 3. The Kier molecular flexibility index (Phi) is 4.63. The molecule has 0 aliphatic carbocycles. The lowest BCUT2D eigenvalue weighted by atomic mass is 10.2. The lowest BCUT2D eigenvalue weighted by Gasteiger charge is -2.13. The maximum Gasteiger partial charge on any atom is 0.490 e. The number of hydrogen-bond acceptors (Lipinski definition) is 4. The van der Waals surface area contributed by atoms with Gasteiger partial charge in [0, 0.05) is 24.5 Å². The molecule has 0 saturated carbocycles. The van der Waals surface area contributed by atoms with E-state index in [9.17, 15) is 18.0 Å². The minimum atomic E-state index is -5.08. The number of carbonyl (C=O) groups excluding carboxylic acids is 1. The lowest BCUT2D eigenvalue weighted by Crippen LogP contribution is -2.35. The standard InChI is InChI=1S/C11H10N4O.C2HF3O2/c16-11-10-7-9(8-1-3-12-4-2-8)14-15(10)6-5-13-11;3-2(4,5)1(6)7/h1-4,7H,5-6H2,(H,13,16);(H,6,7). The van der Waals surface area contributed by atoms with Gasteiger partial charge in [0.05, 0.1) is 12.2 Å². The van der Waals surface area contributed by atoms with E-state index in [1.807, 2.05) is 18.2 Å². The Balaban J connectivity index is 0.000000236. The summed E-state index contributed by atoms with van der Waals surface area (Å²) in [6, 6.07) is 5.57. The van der Waals surface area contributed by atoms with Crippen LogP contribution >= 0.6 is 0 Å². The number of carboxylic acid groups (broad SMARTS) is 1. The van der Waals surface area contributed by atoms with Crippen LogP contribution < -0.4 is 5.32 Å². The fraction of sp³-hybridized carbons (Fsp3) is 0.231. The molecule has 0 atom stereocenters. The van der Waals surface area contributed by atoms with Gasteiger partial charge in [-0.05, 0) is 18.2 Å². The van der Waals surface area contributed by atoms with Crippen molar-refractivity contribution < 1.29 is 27.9 Å². The minimum Gasteiger partial charge on any atom is -0.475 e. The fourth-order valence-corrected chi connectivity index (χ4v) is 1.80. The number of nitrogens with one attached hydrogen (secondary N) is 1. The molecular formula is C13H11F3N4O3. The van der Waals surface area contributed by atoms with Gasteiger partial charge in [-0.1, -0.05) is 0 Å². The Hall–Kier alpha value is -2.91. The number of pyridine rings is 1. The topological polar surface area (TPSA) is 97.1 Å². The maximum absolute atomic E-state index is 11.5. The van der Waals surface area contributed by atoms with E-state index in [0.29, 0.717) is 12.2 Å². The van der Waals surface area contributed by atoms with Crippen LogP contribution in [0.1, 0.15) is 10.5 Å². The first-order valence-electron chi connectivity index (χ1n) is 6.35. The van der Waals surface area contributed by atoms with Crippen molar-refractivity contribution in [3.05, 3.63) is 36.3 Å². The average Bonchev–Trinajstić information content (AvgIpc) is 2.93. The first-order valence-corrected chi connectivity index (χ1v) is 6.35. The Bertz CT molecular complexity index is 713. The number of carbonyl (C=O) groups is 2. The zero-order valence-electron chi connectivity index (χ0n) is 11.5. The monoisotopic (exact) mass is 328 g/mol. The minimum absolute atomic E-state index is 0.0564. The summed E-state index contributed by atoms with van der Waals surface area (Å²) in [4.78, 5) is 24.4. The zero-order valence-corrected chi connectivity index (χ0v) is 11.5. The van der Waals surface area contributed by atoms with Gasteiger partial charge in [0.2, 0.25) is 0 Å². The first-order chi connectivity index (χ1) is 10.8. The van der Waals surface area contributed by atoms with E-state index >= 15 is 0 Å². The predicted molar refractivity (Wildman–Crippen MR) is 71.5 cm³/mol. The molecule has 0 radical (unpaired) electrons. The summed E-state index contributed by atoms with van der Waals surface area (Å²) in [5, 5.41) is 14.3. The molecule has 0 aromatic carbocycles. The highest BCUT2D eigenvalue weighted by Crippen LogP contribution is 2.19. The lowest BCUT2D eigenvalue weighted by molar-refractivity contribution is -0.192. The van der Waals surface area contributed by atoms with Crippen molar-refractivity contribution in [3.8, 4) is 11.3 Å². The molecular weight excluding hydrogens is 317 g/mol. The number of aliphatic carboxylic acids is 1. The van der Waals surface area contributed by atoms with E-state index in [4.69, 9.17) is 9.90 Å². The molecule has 7 nitrogen and oxygen atoms in total. The average molecular weight is 328 g/mol. The second-order valence-electron chi connectivity index (χ2n) is 4.43. The number of aromatic nitrogens is 3. The van der Waals surface area contributed by atoms with Crippen molar-refractivity contribution in [1.29, 1.82) is 0 Å². The number of halogens is 3. The molecule has 2 aromatic rings. The van der Waals surface area contributed by atoms with E-state index in [0.717, 1.165) is 17.8 Å². The molecule has 3 heterocycles. The smallest absolute Gasteiger partial charge is 0.475 e. The van der Waals surface area contributed by atoms with Gasteiger partial charge in [-0.15, -0.1) is 0 Å². The largest absolute Gasteiger partial charge is 0.490 e. The molecule has 0 saturated heterocycles. The molecule has 0 bridgehead atoms. The highest BCUT2D eigenvalue weighted by atomic mass is 19.4. The summed E-state index contributed by atoms with van der Waals surface area (Å²) in [7, 11) is 0. The molecule has 1 amide bonds. The molecule has 2 N–H and O–H groups in total. The number of carboxylic acids is 1. The summed E-state index contributed by atoms with van der Waals surface area (Å²) in [5.74, 6) is -2.81. The maximum atomic E-state index is 11.5. The van der Waals surface area contributed by atoms with Crippen molar-refractivity contribution >= 4 is 11.9 Å². The van der Waals surface area contributed by atoms with Gasteiger partial charge in [-0.3, -0.25) is 14.5 Å². The zero-order chi connectivity index (χ0) is 17.0. The van der Waals surface area contributed by atoms with Crippen LogP contribution in [0.5, 0.6) is 0 Å². The van der Waals surface area contributed by atoms with Gasteiger partial charge in [-0.25, -0.2) is 4.79 Å². The second kappa shape index (κ2) is 6.46. The molecule has 23 heavy (non-hydrogen) atoms. The molecule has 0 spiro atoms. The van der Waals surface area contributed by atoms with Crippen LogP contribution in [0.3, 0.4) is 0 Å². The molecule has 3 rings (SSSR count). The summed E-state index contributed by atoms with van der Waals surface area (Å²) in [6.07, 6.45) is -1.65. The molecule has 10 heteroatoms. The van der Waals surface area contributed by atoms with Gasteiger partial charge in [0.15, 0.2) is 0 Å². The molecule has 1 aliphatic heterocycles. The molecule has 0 unspecified atom stereocenters. The van der Waals surface area contributed by atoms with Gasteiger partial charge in [-0.2, -0.15) is 18.3 Å². The fourth-order valence-electron chi connectivity index (χ4n) is 1.80. The van der Waals surface area contributed by atoms with Crippen LogP contribution in [0.4, 0.5) is 13.2 Å². The van der Waals surface area contributed by atoms with Crippen LogP contribution in [-0.2, 0) is 11.3 Å². The van der Waals surface area contributed by atoms with E-state index in [1.165, 1.54) is 0 Å². The van der Waals surface area contributed by atoms with Crippen molar-refractivity contribution in [2.45, 2.75) is 12.7 Å². The summed E-state index contributed by atoms with van der Waals surface area (Å²) < 4.78 is 33.5. The van der Waals surface area contributed by atoms with Crippen molar-refractivity contribution in [2.75, 3.05) is 6.54 Å². The molecule has 2 aromatic heterocycles. The summed E-state index contributed by atoms with van der Waals surface area (Å²) in [6.45, 7) is 1.37. The van der Waals surface area contributed by atoms with E-state index < -0.39 is 12.1 Å². The van der Waals surface area contributed by atoms with Crippen LogP contribution in [-0.4, -0.2) is 44.5 Å². The second-order valence-corrected chi connectivity index (χ2v) is 4.43. The third-order valence-electron chi connectivity index (χ3n) is 2.84. The summed E-state index contributed by atoms with van der Waals surface area (Å²) >= 11 is 0. The van der Waals surface area contributed by atoms with E-state index in [-0.39, 0.29) is 5.91 Å². The van der Waals surface area contributed by atoms with Gasteiger partial charge in [0.25, 0.3) is 5.91 Å². The number of hydrogen-bond donors (Lipinski definition) is 2. The SMILES string of the molecule is O=C(O)C(F)(F)F.O=C1NCCn2nc(-c3ccncc3)cc21. The normalized spacial score (nSPS) is 13.4. The Labute approximate surface area is 127 Å². The van der Waals surface area contributed by atoms with Crippen LogP contribution in [0.2, 0.25) is 0 Å². The van der Waals surface area contributed by atoms with Gasteiger partial charge in [0.1, 0.15) is 5.69 Å². The molecule has 122 valence electrons. The summed E-state index contributed by atoms with van der Waals surface area (Å²) in [5.41, 5.74) is 2.41. The Morgan fingerprint density at radius 3 is 2.43 bits per heavy atom. The number of rotatable bonds is 1. The molecule has 1 aliphatic rings. The van der Waals surface area contributed by atoms with Crippen molar-refractivity contribution in [3.63, 3.8) is 0 Å². The van der Waals surface area contributed by atoms with E-state index in [2.05, 4.69) is 15.4 Å². The van der Waals surface area contributed by atoms with E-state index in [1.54, 1.807) is 17.1 Å². The highest BCUT2D eigenvalue weighted by Gasteiger charge is 2.38. The highest BCUT2D eigenvalue weighted by molar-refractivity contribution is 5.94. The van der Waals surface area contributed by atoms with Gasteiger partial charge < -0.3 is 10.4 Å². The van der Waals surface area contributed by atoms with Crippen LogP contribution in [0, 0.1) is 0 Å². The Morgan fingerprint density at radius 2 is 1.91 bits per heavy atom. The quantitative estimate of drug-likeness (QED) is 0.823. The Morgan fingerprint density at radius 1 is 1.30 bits per heavy atom. The predicted octanol–water partition coefficient (Wildman–Crippen LogP) is 1.32. The van der Waals surface area contributed by atoms with Crippen molar-refractivity contribution in [1.82, 2.24) is 20.1 Å². The van der Waals surface area contributed by atoms with Crippen LogP contribution in [0.15, 0.2) is 30.6 Å². The molecule has 0 fully saturated rings.